The molecule has 0 bridgehead atoms. The lowest BCUT2D eigenvalue weighted by Crippen LogP contribution is -2.31. The van der Waals surface area contributed by atoms with Gasteiger partial charge in [0, 0.05) is 11.4 Å². The number of nitrogens with zero attached hydrogens (tertiary/aromatic N) is 3. The van der Waals surface area contributed by atoms with Crippen LogP contribution in [0.25, 0.3) is 0 Å². The molecule has 0 fully saturated rings. The number of halogens is 3. The Morgan fingerprint density at radius 2 is 1.77 bits per heavy atom. The summed E-state index contributed by atoms with van der Waals surface area (Å²) in [7, 11) is 2.92. The molecule has 3 aromatic rings. The largest absolute Gasteiger partial charge is 0.493 e. The van der Waals surface area contributed by atoms with E-state index in [0.717, 1.165) is 15.8 Å². The second-order valence-corrected chi connectivity index (χ2v) is 8.15. The number of aromatic nitrogens is 3. The molecular weight excluding hydrogens is 463 g/mol. The lowest BCUT2D eigenvalue weighted by atomic mass is 9.94. The first kappa shape index (κ1) is 24.1. The van der Waals surface area contributed by atoms with Crippen LogP contribution < -0.4 is 20.1 Å². The first-order valence-electron chi connectivity index (χ1n) is 10.7. The number of amides is 1. The van der Waals surface area contributed by atoms with Gasteiger partial charge in [-0.05, 0) is 50.1 Å². The van der Waals surface area contributed by atoms with Crippen molar-refractivity contribution in [3.8, 4) is 11.5 Å². The minimum atomic E-state index is -4.76. The zero-order chi connectivity index (χ0) is 25.5. The number of anilines is 2. The Kier molecular flexibility index (Phi) is 6.18. The van der Waals surface area contributed by atoms with Crippen LogP contribution in [0, 0.1) is 13.8 Å². The molecule has 1 amide bonds. The van der Waals surface area contributed by atoms with Crippen molar-refractivity contribution in [2.75, 3.05) is 24.9 Å². The molecule has 1 aromatic heterocycles. The van der Waals surface area contributed by atoms with E-state index in [1.54, 1.807) is 31.2 Å². The van der Waals surface area contributed by atoms with E-state index in [1.165, 1.54) is 14.2 Å². The average molecular weight is 487 g/mol. The van der Waals surface area contributed by atoms with E-state index in [-0.39, 0.29) is 11.5 Å². The standard InChI is InChI=1S/C24H24F3N5O3/c1-12-6-8-16(13(2)10-12)29-21(33)19-14(3)28-23-30-22(24(25,26)27)31-32(23)20(19)15-7-9-17(34-4)18(11-15)35-5/h6-11,20H,1-5H3,(H,29,33)(H,28,30,31). The Labute approximate surface area is 199 Å². The molecule has 11 heteroatoms. The van der Waals surface area contributed by atoms with Gasteiger partial charge in [0.05, 0.1) is 19.8 Å². The third-order valence-electron chi connectivity index (χ3n) is 5.70. The van der Waals surface area contributed by atoms with E-state index >= 15 is 0 Å². The van der Waals surface area contributed by atoms with Crippen molar-refractivity contribution < 1.29 is 27.4 Å². The fraction of sp³-hybridized carbons (Fsp3) is 0.292. The maximum Gasteiger partial charge on any atom is 0.453 e. The van der Waals surface area contributed by atoms with Gasteiger partial charge in [0.1, 0.15) is 6.04 Å². The van der Waals surface area contributed by atoms with E-state index in [2.05, 4.69) is 20.7 Å². The van der Waals surface area contributed by atoms with E-state index in [9.17, 15) is 18.0 Å². The van der Waals surface area contributed by atoms with Crippen LogP contribution in [0.1, 0.15) is 35.5 Å². The van der Waals surface area contributed by atoms with Gasteiger partial charge in [-0.1, -0.05) is 23.8 Å². The number of methoxy groups -OCH3 is 2. The average Bonchev–Trinajstić information content (AvgIpc) is 3.23. The van der Waals surface area contributed by atoms with Gasteiger partial charge in [-0.25, -0.2) is 4.68 Å². The monoisotopic (exact) mass is 487 g/mol. The van der Waals surface area contributed by atoms with Crippen molar-refractivity contribution in [3.63, 3.8) is 0 Å². The highest BCUT2D eigenvalue weighted by Gasteiger charge is 2.41. The highest BCUT2D eigenvalue weighted by atomic mass is 19.4. The zero-order valence-electron chi connectivity index (χ0n) is 19.7. The predicted molar refractivity (Wildman–Crippen MR) is 124 cm³/mol. The van der Waals surface area contributed by atoms with Gasteiger partial charge in [-0.3, -0.25) is 4.79 Å². The fourth-order valence-corrected chi connectivity index (χ4v) is 4.04. The summed E-state index contributed by atoms with van der Waals surface area (Å²) in [6, 6.07) is 9.42. The number of allylic oxidation sites excluding steroid dienone is 1. The Bertz CT molecular complexity index is 1330. The minimum Gasteiger partial charge on any atom is -0.493 e. The molecule has 2 heterocycles. The summed E-state index contributed by atoms with van der Waals surface area (Å²) in [5.74, 6) is -1.14. The van der Waals surface area contributed by atoms with Crippen LogP contribution in [0.4, 0.5) is 24.8 Å². The smallest absolute Gasteiger partial charge is 0.453 e. The molecular formula is C24H24F3N5O3. The maximum absolute atomic E-state index is 13.5. The molecule has 8 nitrogen and oxygen atoms in total. The van der Waals surface area contributed by atoms with Gasteiger partial charge in [0.15, 0.2) is 11.5 Å². The third-order valence-corrected chi connectivity index (χ3v) is 5.70. The van der Waals surface area contributed by atoms with Crippen molar-refractivity contribution in [2.24, 2.45) is 0 Å². The summed E-state index contributed by atoms with van der Waals surface area (Å²) in [6.45, 7) is 5.41. The van der Waals surface area contributed by atoms with E-state index < -0.39 is 23.9 Å². The number of carbonyl (C=O) groups is 1. The molecule has 0 spiro atoms. The van der Waals surface area contributed by atoms with Crippen LogP contribution in [-0.4, -0.2) is 34.9 Å². The number of rotatable bonds is 5. The number of fused-ring (bicyclic) bond motifs is 1. The van der Waals surface area contributed by atoms with Crippen molar-refractivity contribution in [1.82, 2.24) is 14.8 Å². The molecule has 35 heavy (non-hydrogen) atoms. The second-order valence-electron chi connectivity index (χ2n) is 8.15. The van der Waals surface area contributed by atoms with E-state index in [0.29, 0.717) is 28.4 Å². The van der Waals surface area contributed by atoms with Gasteiger partial charge in [0.25, 0.3) is 11.7 Å². The molecule has 0 saturated heterocycles. The van der Waals surface area contributed by atoms with Crippen molar-refractivity contribution in [2.45, 2.75) is 33.0 Å². The molecule has 2 aromatic carbocycles. The summed E-state index contributed by atoms with van der Waals surface area (Å²) < 4.78 is 52.1. The summed E-state index contributed by atoms with van der Waals surface area (Å²) in [4.78, 5) is 17.2. The van der Waals surface area contributed by atoms with Gasteiger partial charge < -0.3 is 20.1 Å². The van der Waals surface area contributed by atoms with Crippen LogP contribution in [0.2, 0.25) is 0 Å². The first-order chi connectivity index (χ1) is 16.5. The number of aryl methyl sites for hydroxylation is 2. The number of benzene rings is 2. The molecule has 0 radical (unpaired) electrons. The van der Waals surface area contributed by atoms with Crippen LogP contribution in [0.3, 0.4) is 0 Å². The SMILES string of the molecule is COc1ccc(C2C(C(=O)Nc3ccc(C)cc3C)=C(C)Nc3nc(C(F)(F)F)nn32)cc1OC. The van der Waals surface area contributed by atoms with Crippen LogP contribution in [0.15, 0.2) is 47.7 Å². The van der Waals surface area contributed by atoms with Gasteiger partial charge >= 0.3 is 6.18 Å². The fourth-order valence-electron chi connectivity index (χ4n) is 4.04. The Balaban J connectivity index is 1.85. The quantitative estimate of drug-likeness (QED) is 0.534. The first-order valence-corrected chi connectivity index (χ1v) is 10.7. The lowest BCUT2D eigenvalue weighted by Gasteiger charge is -2.29. The normalized spacial score (nSPS) is 15.4. The third kappa shape index (κ3) is 4.53. The Morgan fingerprint density at radius 1 is 1.06 bits per heavy atom. The molecule has 1 aliphatic rings. The van der Waals surface area contributed by atoms with Crippen molar-refractivity contribution in [3.05, 3.63) is 70.2 Å². The highest BCUT2D eigenvalue weighted by Crippen LogP contribution is 2.40. The Morgan fingerprint density at radius 3 is 2.40 bits per heavy atom. The second kappa shape index (κ2) is 8.97. The van der Waals surface area contributed by atoms with E-state index in [1.807, 2.05) is 26.0 Å². The van der Waals surface area contributed by atoms with Gasteiger partial charge in [-0.2, -0.15) is 18.2 Å². The highest BCUT2D eigenvalue weighted by molar-refractivity contribution is 6.06. The Hall–Kier alpha value is -4.02. The van der Waals surface area contributed by atoms with Gasteiger partial charge in [0.2, 0.25) is 5.95 Å². The summed E-state index contributed by atoms with van der Waals surface area (Å²) in [5.41, 5.74) is 3.47. The number of nitrogens with one attached hydrogen (secondary N) is 2. The van der Waals surface area contributed by atoms with Crippen LogP contribution in [-0.2, 0) is 11.0 Å². The van der Waals surface area contributed by atoms with Crippen molar-refractivity contribution in [1.29, 1.82) is 0 Å². The van der Waals surface area contributed by atoms with Crippen LogP contribution >= 0.6 is 0 Å². The molecule has 184 valence electrons. The number of hydrogen-bond acceptors (Lipinski definition) is 6. The van der Waals surface area contributed by atoms with Gasteiger partial charge in [-0.15, -0.1) is 5.10 Å². The number of ether oxygens (including phenoxy) is 2. The zero-order valence-corrected chi connectivity index (χ0v) is 19.7. The maximum atomic E-state index is 13.5. The minimum absolute atomic E-state index is 0.127. The number of hydrogen-bond donors (Lipinski definition) is 2. The molecule has 2 N–H and O–H groups in total. The number of alkyl halides is 3. The van der Waals surface area contributed by atoms with Crippen molar-refractivity contribution >= 4 is 17.5 Å². The predicted octanol–water partition coefficient (Wildman–Crippen LogP) is 4.86. The molecule has 0 aliphatic carbocycles. The lowest BCUT2D eigenvalue weighted by molar-refractivity contribution is -0.145. The molecule has 1 atom stereocenters. The van der Waals surface area contributed by atoms with Crippen LogP contribution in [0.5, 0.6) is 11.5 Å². The molecule has 0 saturated carbocycles. The molecule has 4 rings (SSSR count). The number of carbonyl (C=O) groups excluding carboxylic acids is 1. The summed E-state index contributed by atoms with van der Waals surface area (Å²) in [5, 5.41) is 9.39. The topological polar surface area (TPSA) is 90.3 Å². The van der Waals surface area contributed by atoms with E-state index in [4.69, 9.17) is 9.47 Å². The summed E-state index contributed by atoms with van der Waals surface area (Å²) in [6.07, 6.45) is -4.76. The molecule has 1 aliphatic heterocycles. The molecule has 1 unspecified atom stereocenters. The summed E-state index contributed by atoms with van der Waals surface area (Å²) >= 11 is 0.